The number of ether oxygens (including phenoxy) is 1. The van der Waals surface area contributed by atoms with Gasteiger partial charge < -0.3 is 30.1 Å². The summed E-state index contributed by atoms with van der Waals surface area (Å²) in [4.78, 5) is 63.4. The van der Waals surface area contributed by atoms with Crippen LogP contribution in [-0.2, 0) is 14.3 Å². The van der Waals surface area contributed by atoms with Gasteiger partial charge in [0, 0.05) is 88.3 Å². The van der Waals surface area contributed by atoms with Crippen molar-refractivity contribution in [1.82, 2.24) is 54.9 Å². The molecule has 5 aliphatic rings. The molecule has 1 saturated carbocycles. The van der Waals surface area contributed by atoms with Crippen LogP contribution in [0.1, 0.15) is 94.4 Å². The molecule has 0 unspecified atom stereocenters. The summed E-state index contributed by atoms with van der Waals surface area (Å²) in [5.41, 5.74) is 9.88. The van der Waals surface area contributed by atoms with Crippen LogP contribution in [0.25, 0.3) is 33.8 Å². The number of nitrogens with two attached hydrogens (primary N) is 1. The number of piperazine rings is 1. The fraction of sp³-hybridized carbons (Fsp3) is 0.543. The van der Waals surface area contributed by atoms with Gasteiger partial charge in [-0.1, -0.05) is 5.16 Å². The molecule has 4 aromatic heterocycles. The van der Waals surface area contributed by atoms with Crippen LogP contribution in [0.2, 0.25) is 0 Å². The zero-order valence-corrected chi connectivity index (χ0v) is 37.8. The molecule has 5 aromatic rings. The molecule has 354 valence electrons. The average molecular weight is 923 g/mol. The summed E-state index contributed by atoms with van der Waals surface area (Å²) < 4.78 is 44.1. The summed E-state index contributed by atoms with van der Waals surface area (Å²) in [5.74, 6) is -0.233. The number of rotatable bonds is 12. The number of amides is 3. The maximum atomic E-state index is 15.3. The number of benzene rings is 1. The number of hydrogen-bond acceptors (Lipinski definition) is 16. The zero-order chi connectivity index (χ0) is 46.3. The van der Waals surface area contributed by atoms with E-state index in [2.05, 4.69) is 35.6 Å². The third-order valence-electron chi connectivity index (χ3n) is 14.0. The highest BCUT2D eigenvalue weighted by Gasteiger charge is 2.37. The van der Waals surface area contributed by atoms with Crippen LogP contribution < -0.4 is 21.3 Å². The number of nitrogen functional groups attached to an aromatic ring is 1. The molecule has 4 saturated heterocycles. The predicted molar refractivity (Wildman–Crippen MR) is 243 cm³/mol. The molecule has 4 aliphatic heterocycles. The summed E-state index contributed by atoms with van der Waals surface area (Å²) in [5, 5.41) is 15.1. The molecule has 67 heavy (non-hydrogen) atoms. The maximum absolute atomic E-state index is 15.3. The van der Waals surface area contributed by atoms with E-state index < -0.39 is 23.6 Å². The number of anilines is 3. The number of likely N-dealkylation sites (tertiary alicyclic amines) is 2. The van der Waals surface area contributed by atoms with Crippen molar-refractivity contribution in [3.05, 3.63) is 53.8 Å². The van der Waals surface area contributed by atoms with Crippen LogP contribution in [0, 0.1) is 11.6 Å². The first kappa shape index (κ1) is 44.5. The zero-order valence-electron chi connectivity index (χ0n) is 37.8. The minimum absolute atomic E-state index is 0.0231. The Morgan fingerprint density at radius 3 is 2.28 bits per heavy atom. The highest BCUT2D eigenvalue weighted by atomic mass is 19.1. The first-order valence-electron chi connectivity index (χ1n) is 23.5. The Labute approximate surface area is 385 Å². The third kappa shape index (κ3) is 9.22. The maximum Gasteiger partial charge on any atom is 0.409 e. The second kappa shape index (κ2) is 18.7. The SMILES string of the molecule is CC(C)n1nc(-c2noc(C3CC3)c2-c2ncc(C3CCN(C(=O)OCCN4CCC(N5CCN(c6c(F)cc(N[C@@H]7CCC(=O)NC7=O)cc6F)CC5)CC4)CC3)cn2)c2c(N)ncnc21. The van der Waals surface area contributed by atoms with Crippen LogP contribution in [0.15, 0.2) is 35.4 Å². The van der Waals surface area contributed by atoms with Crippen LogP contribution in [0.5, 0.6) is 0 Å². The van der Waals surface area contributed by atoms with Gasteiger partial charge in [-0.25, -0.2) is 38.2 Å². The van der Waals surface area contributed by atoms with Gasteiger partial charge in [0.1, 0.15) is 41.9 Å². The molecule has 1 aromatic carbocycles. The van der Waals surface area contributed by atoms with E-state index in [-0.39, 0.29) is 54.1 Å². The molecular formula is C46H56F2N14O5. The van der Waals surface area contributed by atoms with Gasteiger partial charge in [-0.2, -0.15) is 5.10 Å². The molecule has 3 amide bonds. The van der Waals surface area contributed by atoms with E-state index in [0.717, 1.165) is 62.9 Å². The number of imide groups is 1. The molecule has 5 fully saturated rings. The molecule has 1 aliphatic carbocycles. The topological polar surface area (TPSA) is 219 Å². The summed E-state index contributed by atoms with van der Waals surface area (Å²) in [6.07, 6.45) is 10.8. The number of halogens is 2. The van der Waals surface area contributed by atoms with Gasteiger partial charge in [-0.05, 0) is 95.5 Å². The van der Waals surface area contributed by atoms with E-state index >= 15 is 8.78 Å². The Balaban J connectivity index is 0.665. The summed E-state index contributed by atoms with van der Waals surface area (Å²) in [6, 6.07) is 2.09. The average Bonchev–Trinajstić information content (AvgIpc) is 3.95. The lowest BCUT2D eigenvalue weighted by Gasteiger charge is -2.43. The number of piperidine rings is 3. The molecule has 19 nitrogen and oxygen atoms in total. The fourth-order valence-electron chi connectivity index (χ4n) is 10.1. The monoisotopic (exact) mass is 922 g/mol. The van der Waals surface area contributed by atoms with Gasteiger partial charge in [0.15, 0.2) is 28.9 Å². The van der Waals surface area contributed by atoms with E-state index in [4.69, 9.17) is 30.1 Å². The molecule has 10 rings (SSSR count). The van der Waals surface area contributed by atoms with Crippen LogP contribution >= 0.6 is 0 Å². The Bertz CT molecular complexity index is 2610. The van der Waals surface area contributed by atoms with Crippen molar-refractivity contribution in [2.24, 2.45) is 0 Å². The van der Waals surface area contributed by atoms with Crippen molar-refractivity contribution in [2.75, 3.05) is 81.5 Å². The second-order valence-electron chi connectivity index (χ2n) is 18.6. The normalized spacial score (nSPS) is 20.5. The van der Waals surface area contributed by atoms with Crippen molar-refractivity contribution in [3.8, 4) is 22.8 Å². The number of fused-ring (bicyclic) bond motifs is 1. The molecule has 4 N–H and O–H groups in total. The standard InChI is InChI=1S/C46H56F2N14O5/c1-26(2)62-44-37(42(49)52-25-53-44)38(56-62)39-36(41(67-57-39)28-3-4-28)43-50-23-29(24-51-43)27-7-13-61(14-8-27)46(65)66-20-19-58-11-9-31(10-12-58)59-15-17-60(18-16-59)40-32(47)21-30(22-33(40)48)54-34-5-6-35(63)55-45(34)64/h21-28,31,34,54H,3-20H2,1-2H3,(H2,49,52,53)(H,55,63,64)/t34-/m1/s1. The van der Waals surface area contributed by atoms with Crippen molar-refractivity contribution in [3.63, 3.8) is 0 Å². The smallest absolute Gasteiger partial charge is 0.409 e. The van der Waals surface area contributed by atoms with E-state index in [1.165, 1.54) is 18.5 Å². The second-order valence-corrected chi connectivity index (χ2v) is 18.6. The number of carbonyl (C=O) groups excluding carboxylic acids is 3. The first-order chi connectivity index (χ1) is 32.5. The number of carbonyl (C=O) groups is 3. The predicted octanol–water partition coefficient (Wildman–Crippen LogP) is 5.08. The minimum atomic E-state index is -0.728. The Morgan fingerprint density at radius 2 is 1.61 bits per heavy atom. The Hall–Kier alpha value is -6.35. The minimum Gasteiger partial charge on any atom is -0.448 e. The molecule has 21 heteroatoms. The van der Waals surface area contributed by atoms with Gasteiger partial charge in [-0.3, -0.25) is 24.7 Å². The number of aromatic nitrogens is 7. The quantitative estimate of drug-likeness (QED) is 0.139. The number of nitrogens with zero attached hydrogens (tertiary/aromatic N) is 11. The summed E-state index contributed by atoms with van der Waals surface area (Å²) in [7, 11) is 0. The molecular weight excluding hydrogens is 867 g/mol. The largest absolute Gasteiger partial charge is 0.448 e. The molecule has 0 bridgehead atoms. The summed E-state index contributed by atoms with van der Waals surface area (Å²) >= 11 is 0. The van der Waals surface area contributed by atoms with Crippen molar-refractivity contribution >= 4 is 46.1 Å². The van der Waals surface area contributed by atoms with E-state index in [0.29, 0.717) is 98.1 Å². The lowest BCUT2D eigenvalue weighted by Crippen LogP contribution is -2.53. The highest BCUT2D eigenvalue weighted by molar-refractivity contribution is 6.02. The van der Waals surface area contributed by atoms with Crippen LogP contribution in [0.3, 0.4) is 0 Å². The Morgan fingerprint density at radius 1 is 0.896 bits per heavy atom. The third-order valence-corrected chi connectivity index (χ3v) is 14.0. The number of nitrogens with one attached hydrogen (secondary N) is 2. The fourth-order valence-corrected chi connectivity index (χ4v) is 10.1. The molecule has 0 radical (unpaired) electrons. The van der Waals surface area contributed by atoms with E-state index in [1.807, 2.05) is 30.9 Å². The van der Waals surface area contributed by atoms with E-state index in [1.54, 1.807) is 9.80 Å². The van der Waals surface area contributed by atoms with Gasteiger partial charge >= 0.3 is 6.09 Å². The van der Waals surface area contributed by atoms with Crippen molar-refractivity contribution in [2.45, 2.75) is 95.2 Å². The van der Waals surface area contributed by atoms with Gasteiger partial charge in [0.25, 0.3) is 0 Å². The van der Waals surface area contributed by atoms with Crippen LogP contribution in [-0.4, -0.2) is 145 Å². The molecule has 0 spiro atoms. The highest BCUT2D eigenvalue weighted by Crippen LogP contribution is 2.48. The lowest BCUT2D eigenvalue weighted by molar-refractivity contribution is -0.133. The Kier molecular flexibility index (Phi) is 12.4. The van der Waals surface area contributed by atoms with Crippen molar-refractivity contribution < 1.29 is 32.4 Å². The van der Waals surface area contributed by atoms with Gasteiger partial charge in [0.2, 0.25) is 11.8 Å². The van der Waals surface area contributed by atoms with E-state index in [9.17, 15) is 14.4 Å². The molecule has 8 heterocycles. The number of hydrogen-bond donors (Lipinski definition) is 3. The first-order valence-corrected chi connectivity index (χ1v) is 23.5. The van der Waals surface area contributed by atoms with Crippen molar-refractivity contribution in [1.29, 1.82) is 0 Å². The van der Waals surface area contributed by atoms with Gasteiger partial charge in [-0.15, -0.1) is 0 Å². The summed E-state index contributed by atoms with van der Waals surface area (Å²) in [6.45, 7) is 10.3. The molecule has 1 atom stereocenters. The van der Waals surface area contributed by atoms with Gasteiger partial charge in [0.05, 0.1) is 10.9 Å². The van der Waals surface area contributed by atoms with Crippen LogP contribution in [0.4, 0.5) is 30.8 Å². The lowest BCUT2D eigenvalue weighted by atomic mass is 9.91.